The van der Waals surface area contributed by atoms with Crippen LogP contribution in [-0.2, 0) is 12.7 Å². The van der Waals surface area contributed by atoms with Crippen LogP contribution < -0.4 is 5.73 Å². The average Bonchev–Trinajstić information content (AvgIpc) is 2.57. The van der Waals surface area contributed by atoms with Gasteiger partial charge in [0.15, 0.2) is 5.82 Å². The van der Waals surface area contributed by atoms with Gasteiger partial charge in [0.2, 0.25) is 0 Å². The summed E-state index contributed by atoms with van der Waals surface area (Å²) in [6.45, 7) is 0.181. The molecule has 18 heavy (non-hydrogen) atoms. The number of nitrogen functional groups attached to an aromatic ring is 1. The van der Waals surface area contributed by atoms with Crippen LogP contribution in [0.3, 0.4) is 0 Å². The minimum Gasteiger partial charge on any atom is -0.381 e. The normalized spacial score (nSPS) is 11.8. The van der Waals surface area contributed by atoms with Gasteiger partial charge in [-0.05, 0) is 17.7 Å². The van der Waals surface area contributed by atoms with E-state index in [9.17, 15) is 13.2 Å². The molecule has 0 atom stereocenters. The largest absolute Gasteiger partial charge is 0.416 e. The zero-order valence-electron chi connectivity index (χ0n) is 9.08. The minimum absolute atomic E-state index is 0.156. The Morgan fingerprint density at radius 3 is 2.61 bits per heavy atom. The molecule has 2 rings (SSSR count). The van der Waals surface area contributed by atoms with E-state index in [0.29, 0.717) is 5.56 Å². The Hall–Kier alpha value is -1.69. The molecule has 0 unspecified atom stereocenters. The number of halogens is 4. The maximum absolute atomic E-state index is 12.5. The lowest BCUT2D eigenvalue weighted by molar-refractivity contribution is -0.137. The van der Waals surface area contributed by atoms with Crippen molar-refractivity contribution < 1.29 is 13.2 Å². The van der Waals surface area contributed by atoms with Gasteiger partial charge in [-0.1, -0.05) is 23.7 Å². The predicted octanol–water partition coefficient (Wildman–Crippen LogP) is 3.19. The third-order valence-corrected chi connectivity index (χ3v) is 2.63. The maximum Gasteiger partial charge on any atom is 0.416 e. The molecule has 2 aromatic rings. The van der Waals surface area contributed by atoms with Gasteiger partial charge in [-0.2, -0.15) is 18.3 Å². The molecule has 0 spiro atoms. The monoisotopic (exact) mass is 275 g/mol. The number of hydrogen-bond acceptors (Lipinski definition) is 2. The lowest BCUT2D eigenvalue weighted by Gasteiger charge is -2.08. The van der Waals surface area contributed by atoms with Crippen LogP contribution in [0.2, 0.25) is 5.02 Å². The van der Waals surface area contributed by atoms with Crippen molar-refractivity contribution in [2.45, 2.75) is 12.7 Å². The van der Waals surface area contributed by atoms with Crippen LogP contribution in [0.4, 0.5) is 19.0 Å². The molecule has 3 nitrogen and oxygen atoms in total. The van der Waals surface area contributed by atoms with E-state index >= 15 is 0 Å². The standard InChI is InChI=1S/C11H9ClF3N3/c12-9-6-18(17-10(9)16)5-7-2-1-3-8(4-7)11(13,14)15/h1-4,6H,5H2,(H2,16,17). The molecule has 96 valence electrons. The van der Waals surface area contributed by atoms with E-state index in [4.69, 9.17) is 17.3 Å². The number of anilines is 1. The number of nitrogens with zero attached hydrogens (tertiary/aromatic N) is 2. The van der Waals surface area contributed by atoms with Crippen LogP contribution >= 0.6 is 11.6 Å². The Kier molecular flexibility index (Phi) is 3.21. The topological polar surface area (TPSA) is 43.8 Å². The van der Waals surface area contributed by atoms with Crippen molar-refractivity contribution in [3.63, 3.8) is 0 Å². The maximum atomic E-state index is 12.5. The Bertz CT molecular complexity index is 543. The summed E-state index contributed by atoms with van der Waals surface area (Å²) in [4.78, 5) is 0. The lowest BCUT2D eigenvalue weighted by atomic mass is 10.1. The minimum atomic E-state index is -4.35. The molecule has 1 heterocycles. The first-order valence-corrected chi connectivity index (χ1v) is 5.38. The number of aromatic nitrogens is 2. The van der Waals surface area contributed by atoms with Crippen LogP contribution in [0, 0.1) is 0 Å². The first kappa shape index (κ1) is 12.8. The third kappa shape index (κ3) is 2.76. The molecule has 0 aliphatic rings. The first-order chi connectivity index (χ1) is 8.36. The van der Waals surface area contributed by atoms with Crippen molar-refractivity contribution in [1.29, 1.82) is 0 Å². The molecule has 0 radical (unpaired) electrons. The second-order valence-corrected chi connectivity index (χ2v) is 4.17. The molecule has 0 saturated carbocycles. The van der Waals surface area contributed by atoms with E-state index in [1.54, 1.807) is 6.07 Å². The van der Waals surface area contributed by atoms with E-state index in [2.05, 4.69) is 5.10 Å². The third-order valence-electron chi connectivity index (χ3n) is 2.34. The molecular weight excluding hydrogens is 267 g/mol. The van der Waals surface area contributed by atoms with Crippen molar-refractivity contribution in [2.75, 3.05) is 5.73 Å². The average molecular weight is 276 g/mol. The van der Waals surface area contributed by atoms with Gasteiger partial charge in [-0.3, -0.25) is 4.68 Å². The number of alkyl halides is 3. The molecule has 2 N–H and O–H groups in total. The van der Waals surface area contributed by atoms with E-state index in [-0.39, 0.29) is 17.4 Å². The zero-order chi connectivity index (χ0) is 13.3. The smallest absolute Gasteiger partial charge is 0.381 e. The summed E-state index contributed by atoms with van der Waals surface area (Å²) in [7, 11) is 0. The Morgan fingerprint density at radius 2 is 2.06 bits per heavy atom. The predicted molar refractivity (Wildman–Crippen MR) is 62.2 cm³/mol. The van der Waals surface area contributed by atoms with Gasteiger partial charge in [0.05, 0.1) is 12.1 Å². The van der Waals surface area contributed by atoms with Gasteiger partial charge in [0, 0.05) is 6.20 Å². The summed E-state index contributed by atoms with van der Waals surface area (Å²) < 4.78 is 38.9. The van der Waals surface area contributed by atoms with Crippen LogP contribution in [-0.4, -0.2) is 9.78 Å². The summed E-state index contributed by atoms with van der Waals surface area (Å²) in [5, 5.41) is 4.16. The molecule has 1 aromatic heterocycles. The van der Waals surface area contributed by atoms with Gasteiger partial charge in [-0.15, -0.1) is 0 Å². The summed E-state index contributed by atoms with van der Waals surface area (Å²) >= 11 is 5.71. The quantitative estimate of drug-likeness (QED) is 0.915. The van der Waals surface area contributed by atoms with E-state index < -0.39 is 11.7 Å². The van der Waals surface area contributed by atoms with Gasteiger partial charge in [0.25, 0.3) is 0 Å². The molecule has 0 bridgehead atoms. The number of hydrogen-bond donors (Lipinski definition) is 1. The second kappa shape index (κ2) is 4.53. The van der Waals surface area contributed by atoms with Crippen LogP contribution in [0.1, 0.15) is 11.1 Å². The highest BCUT2D eigenvalue weighted by molar-refractivity contribution is 6.32. The second-order valence-electron chi connectivity index (χ2n) is 3.76. The highest BCUT2D eigenvalue weighted by Crippen LogP contribution is 2.29. The van der Waals surface area contributed by atoms with Crippen LogP contribution in [0.15, 0.2) is 30.5 Å². The Labute approximate surface area is 106 Å². The van der Waals surface area contributed by atoms with Crippen molar-refractivity contribution in [1.82, 2.24) is 9.78 Å². The zero-order valence-corrected chi connectivity index (χ0v) is 9.83. The molecular formula is C11H9ClF3N3. The molecule has 0 aliphatic heterocycles. The summed E-state index contributed by atoms with van der Waals surface area (Å²) in [6.07, 6.45) is -2.88. The molecule has 0 amide bonds. The van der Waals surface area contributed by atoms with Crippen molar-refractivity contribution in [3.05, 3.63) is 46.6 Å². The Balaban J connectivity index is 2.24. The van der Waals surface area contributed by atoms with Crippen molar-refractivity contribution in [2.24, 2.45) is 0 Å². The van der Waals surface area contributed by atoms with Crippen LogP contribution in [0.25, 0.3) is 0 Å². The highest BCUT2D eigenvalue weighted by atomic mass is 35.5. The molecule has 7 heteroatoms. The van der Waals surface area contributed by atoms with Crippen molar-refractivity contribution >= 4 is 17.4 Å². The van der Waals surface area contributed by atoms with Gasteiger partial charge < -0.3 is 5.73 Å². The van der Waals surface area contributed by atoms with Crippen LogP contribution in [0.5, 0.6) is 0 Å². The summed E-state index contributed by atoms with van der Waals surface area (Å²) in [5.74, 6) is 0.156. The first-order valence-electron chi connectivity index (χ1n) is 5.01. The van der Waals surface area contributed by atoms with Gasteiger partial charge in [-0.25, -0.2) is 0 Å². The molecule has 1 aromatic carbocycles. The van der Waals surface area contributed by atoms with E-state index in [0.717, 1.165) is 12.1 Å². The summed E-state index contributed by atoms with van der Waals surface area (Å²) in [5.41, 5.74) is 5.24. The van der Waals surface area contributed by atoms with E-state index in [1.807, 2.05) is 0 Å². The molecule has 0 fully saturated rings. The number of benzene rings is 1. The Morgan fingerprint density at radius 1 is 1.33 bits per heavy atom. The molecule has 0 saturated heterocycles. The SMILES string of the molecule is Nc1nn(Cc2cccc(C(F)(F)F)c2)cc1Cl. The highest BCUT2D eigenvalue weighted by Gasteiger charge is 2.30. The fourth-order valence-electron chi connectivity index (χ4n) is 1.53. The number of rotatable bonds is 2. The van der Waals surface area contributed by atoms with Gasteiger partial charge >= 0.3 is 6.18 Å². The fourth-order valence-corrected chi connectivity index (χ4v) is 1.68. The lowest BCUT2D eigenvalue weighted by Crippen LogP contribution is -2.07. The molecule has 0 aliphatic carbocycles. The van der Waals surface area contributed by atoms with Gasteiger partial charge in [0.1, 0.15) is 5.02 Å². The van der Waals surface area contributed by atoms with E-state index in [1.165, 1.54) is 16.9 Å². The number of nitrogens with two attached hydrogens (primary N) is 1. The van der Waals surface area contributed by atoms with Crippen molar-refractivity contribution in [3.8, 4) is 0 Å². The fraction of sp³-hybridized carbons (Fsp3) is 0.182. The summed E-state index contributed by atoms with van der Waals surface area (Å²) in [6, 6.07) is 5.04.